The van der Waals surface area contributed by atoms with Crippen molar-refractivity contribution in [2.45, 2.75) is 70.3 Å². The molecule has 2 aromatic carbocycles. The van der Waals surface area contributed by atoms with E-state index in [2.05, 4.69) is 32.0 Å². The summed E-state index contributed by atoms with van der Waals surface area (Å²) in [5.41, 5.74) is 3.08. The van der Waals surface area contributed by atoms with Gasteiger partial charge in [0.15, 0.2) is 5.76 Å². The average molecular weight is 540 g/mol. The fourth-order valence-corrected chi connectivity index (χ4v) is 6.92. The molecule has 0 radical (unpaired) electrons. The number of furan rings is 1. The molecule has 2 atom stereocenters. The maximum Gasteiger partial charge on any atom is 0.247 e. The topological polar surface area (TPSA) is 78.2 Å². The molecular weight excluding hydrogens is 502 g/mol. The maximum atomic E-state index is 13.7. The van der Waals surface area contributed by atoms with Gasteiger partial charge in [-0.3, -0.25) is 0 Å². The van der Waals surface area contributed by atoms with E-state index in [0.717, 1.165) is 22.5 Å². The first-order valence-corrected chi connectivity index (χ1v) is 14.8. The number of benzene rings is 2. The molecule has 3 aromatic rings. The van der Waals surface area contributed by atoms with Gasteiger partial charge in [-0.1, -0.05) is 51.1 Å². The van der Waals surface area contributed by atoms with E-state index in [1.807, 2.05) is 39.0 Å². The molecule has 1 unspecified atom stereocenters. The lowest BCUT2D eigenvalue weighted by atomic mass is 9.85. The molecule has 38 heavy (non-hydrogen) atoms. The van der Waals surface area contributed by atoms with Crippen LogP contribution in [0, 0.1) is 12.8 Å². The summed E-state index contributed by atoms with van der Waals surface area (Å²) in [7, 11) is -3.73. The maximum absolute atomic E-state index is 13.7. The minimum atomic E-state index is -3.73. The zero-order valence-corrected chi connectivity index (χ0v) is 23.6. The van der Waals surface area contributed by atoms with Crippen LogP contribution in [0.1, 0.15) is 68.2 Å². The molecular formula is C30H37NO6S. The predicted octanol–water partition coefficient (Wildman–Crippen LogP) is 5.96. The molecule has 3 heterocycles. The van der Waals surface area contributed by atoms with E-state index in [9.17, 15) is 8.42 Å². The lowest BCUT2D eigenvalue weighted by molar-refractivity contribution is -0.163. The molecule has 1 aromatic heterocycles. The second kappa shape index (κ2) is 10.5. The molecule has 8 heteroatoms. The number of aryl methyl sites for hydroxylation is 1. The zero-order chi connectivity index (χ0) is 27.1. The Kier molecular flexibility index (Phi) is 7.44. The van der Waals surface area contributed by atoms with E-state index >= 15 is 0 Å². The molecule has 0 spiro atoms. The van der Waals surface area contributed by atoms with Crippen molar-refractivity contribution in [3.8, 4) is 5.75 Å². The van der Waals surface area contributed by atoms with Crippen molar-refractivity contribution in [1.82, 2.24) is 4.31 Å². The van der Waals surface area contributed by atoms with Crippen LogP contribution < -0.4 is 4.74 Å². The summed E-state index contributed by atoms with van der Waals surface area (Å²) in [6, 6.07) is 17.1. The largest absolute Gasteiger partial charge is 0.488 e. The quantitative estimate of drug-likeness (QED) is 0.369. The molecule has 2 aliphatic rings. The number of nitrogens with zero attached hydrogens (tertiary/aromatic N) is 1. The predicted molar refractivity (Wildman–Crippen MR) is 145 cm³/mol. The summed E-state index contributed by atoms with van der Waals surface area (Å²) < 4.78 is 53.0. The minimum absolute atomic E-state index is 0.0127. The molecule has 0 amide bonds. The molecule has 2 aliphatic heterocycles. The highest BCUT2D eigenvalue weighted by Gasteiger charge is 2.38. The van der Waals surface area contributed by atoms with Gasteiger partial charge in [0.2, 0.25) is 15.8 Å². The Morgan fingerprint density at radius 2 is 1.79 bits per heavy atom. The van der Waals surface area contributed by atoms with Crippen LogP contribution >= 0.6 is 0 Å². The van der Waals surface area contributed by atoms with Gasteiger partial charge in [-0.15, -0.1) is 0 Å². The van der Waals surface area contributed by atoms with Gasteiger partial charge in [-0.05, 0) is 67.1 Å². The molecule has 0 aliphatic carbocycles. The molecule has 204 valence electrons. The van der Waals surface area contributed by atoms with Gasteiger partial charge in [0.05, 0.1) is 19.8 Å². The molecule has 7 nitrogen and oxygen atoms in total. The SMILES string of the molecule is CC[C@@H]1CN(Cc2cc(C(c3ccc(C4(C)OCCO4)o3)C(C)C)ccc2C)S(=O)(=O)c2ccccc2O1. The van der Waals surface area contributed by atoms with Gasteiger partial charge in [0.1, 0.15) is 22.5 Å². The van der Waals surface area contributed by atoms with E-state index in [1.54, 1.807) is 22.5 Å². The fraction of sp³-hybridized carbons (Fsp3) is 0.467. The second-order valence-electron chi connectivity index (χ2n) is 10.6. The highest BCUT2D eigenvalue weighted by molar-refractivity contribution is 7.89. The van der Waals surface area contributed by atoms with Crippen molar-refractivity contribution in [3.63, 3.8) is 0 Å². The monoisotopic (exact) mass is 539 g/mol. The summed E-state index contributed by atoms with van der Waals surface area (Å²) in [6.45, 7) is 11.9. The van der Waals surface area contributed by atoms with Crippen LogP contribution in [0.25, 0.3) is 0 Å². The molecule has 0 saturated carbocycles. The Morgan fingerprint density at radius 3 is 2.50 bits per heavy atom. The molecule has 5 rings (SSSR count). The van der Waals surface area contributed by atoms with Crippen LogP contribution in [0.4, 0.5) is 0 Å². The van der Waals surface area contributed by atoms with Gasteiger partial charge in [-0.25, -0.2) is 8.42 Å². The van der Waals surface area contributed by atoms with Crippen molar-refractivity contribution in [2.24, 2.45) is 5.92 Å². The third-order valence-electron chi connectivity index (χ3n) is 7.59. The van der Waals surface area contributed by atoms with E-state index in [0.29, 0.717) is 37.7 Å². The first-order valence-electron chi connectivity index (χ1n) is 13.4. The lowest BCUT2D eigenvalue weighted by Crippen LogP contribution is -2.36. The summed E-state index contributed by atoms with van der Waals surface area (Å²) >= 11 is 0. The molecule has 0 N–H and O–H groups in total. The number of sulfonamides is 1. The Hall–Kier alpha value is -2.65. The normalized spacial score (nSPS) is 21.6. The number of para-hydroxylation sites is 1. The Morgan fingerprint density at radius 1 is 1.05 bits per heavy atom. The van der Waals surface area contributed by atoms with Crippen LogP contribution in [-0.4, -0.2) is 38.6 Å². The molecule has 0 bridgehead atoms. The minimum Gasteiger partial charge on any atom is -0.488 e. The third kappa shape index (κ3) is 5.02. The van der Waals surface area contributed by atoms with E-state index in [-0.39, 0.29) is 29.4 Å². The highest BCUT2D eigenvalue weighted by Crippen LogP contribution is 2.39. The van der Waals surface area contributed by atoms with E-state index in [4.69, 9.17) is 18.6 Å². The zero-order valence-electron chi connectivity index (χ0n) is 22.8. The van der Waals surface area contributed by atoms with Crippen molar-refractivity contribution in [3.05, 3.63) is 82.8 Å². The molecule has 1 fully saturated rings. The van der Waals surface area contributed by atoms with Gasteiger partial charge < -0.3 is 18.6 Å². The summed E-state index contributed by atoms with van der Waals surface area (Å²) in [4.78, 5) is 0.220. The van der Waals surface area contributed by atoms with Crippen LogP contribution in [-0.2, 0) is 31.8 Å². The van der Waals surface area contributed by atoms with E-state index in [1.165, 1.54) is 0 Å². The van der Waals surface area contributed by atoms with Crippen molar-refractivity contribution in [1.29, 1.82) is 0 Å². The number of fused-ring (bicyclic) bond motifs is 1. The van der Waals surface area contributed by atoms with Gasteiger partial charge >= 0.3 is 0 Å². The van der Waals surface area contributed by atoms with Crippen LogP contribution in [0.5, 0.6) is 5.75 Å². The number of hydrogen-bond acceptors (Lipinski definition) is 6. The standard InChI is InChI=1S/C30H37NO6S/c1-6-24-19-31(38(32,33)27-10-8-7-9-25(27)36-24)18-23-17-22(12-11-21(23)4)29(20(2)3)26-13-14-28(37-26)30(5)34-15-16-35-30/h7-14,17,20,24,29H,6,15-16,18-19H2,1-5H3/t24-,29?/m1/s1. The van der Waals surface area contributed by atoms with Crippen molar-refractivity contribution >= 4 is 10.0 Å². The fourth-order valence-electron chi connectivity index (χ4n) is 5.35. The van der Waals surface area contributed by atoms with E-state index < -0.39 is 15.8 Å². The number of hydrogen-bond donors (Lipinski definition) is 0. The highest BCUT2D eigenvalue weighted by atomic mass is 32.2. The summed E-state index contributed by atoms with van der Waals surface area (Å²) in [6.07, 6.45) is 0.491. The summed E-state index contributed by atoms with van der Waals surface area (Å²) in [5, 5.41) is 0. The van der Waals surface area contributed by atoms with Crippen molar-refractivity contribution in [2.75, 3.05) is 19.8 Å². The smallest absolute Gasteiger partial charge is 0.247 e. The van der Waals surface area contributed by atoms with Crippen LogP contribution in [0.2, 0.25) is 0 Å². The van der Waals surface area contributed by atoms with Gasteiger partial charge in [-0.2, -0.15) is 4.31 Å². The number of ether oxygens (including phenoxy) is 3. The Balaban J connectivity index is 1.48. The second-order valence-corrected chi connectivity index (χ2v) is 12.6. The Bertz CT molecular complexity index is 1390. The first kappa shape index (κ1) is 26.9. The van der Waals surface area contributed by atoms with Crippen LogP contribution in [0.15, 0.2) is 63.9 Å². The van der Waals surface area contributed by atoms with Gasteiger partial charge in [0.25, 0.3) is 0 Å². The van der Waals surface area contributed by atoms with Gasteiger partial charge in [0, 0.05) is 12.5 Å². The first-order chi connectivity index (χ1) is 18.1. The summed E-state index contributed by atoms with van der Waals surface area (Å²) in [5.74, 6) is 1.28. The Labute approximate surface area is 225 Å². The number of rotatable bonds is 7. The molecule has 1 saturated heterocycles. The third-order valence-corrected chi connectivity index (χ3v) is 9.44. The van der Waals surface area contributed by atoms with Crippen molar-refractivity contribution < 1.29 is 27.0 Å². The average Bonchev–Trinajstić information content (AvgIpc) is 3.53. The van der Waals surface area contributed by atoms with Crippen LogP contribution in [0.3, 0.4) is 0 Å². The lowest BCUT2D eigenvalue weighted by Gasteiger charge is -2.25.